The summed E-state index contributed by atoms with van der Waals surface area (Å²) in [6, 6.07) is 0.312. The predicted octanol–water partition coefficient (Wildman–Crippen LogP) is 2.95. The van der Waals surface area contributed by atoms with Crippen molar-refractivity contribution in [3.05, 3.63) is 19.7 Å². The van der Waals surface area contributed by atoms with E-state index in [4.69, 9.17) is 0 Å². The van der Waals surface area contributed by atoms with Crippen molar-refractivity contribution in [2.45, 2.75) is 33.2 Å². The molecule has 0 saturated carbocycles. The monoisotopic (exact) mass is 249 g/mol. The van der Waals surface area contributed by atoms with Crippen molar-refractivity contribution in [1.29, 1.82) is 0 Å². The first-order valence-electron chi connectivity index (χ1n) is 3.95. The molecule has 0 amide bonds. The lowest BCUT2D eigenvalue weighted by atomic mass is 10.3. The molecule has 0 saturated heterocycles. The number of nitrogens with zero attached hydrogens (tertiary/aromatic N) is 1. The van der Waals surface area contributed by atoms with Gasteiger partial charge in [-0.2, -0.15) is 0 Å². The van der Waals surface area contributed by atoms with E-state index in [0.717, 1.165) is 15.8 Å². The molecule has 1 aromatic heterocycles. The lowest BCUT2D eigenvalue weighted by Crippen LogP contribution is -2.17. The van der Waals surface area contributed by atoms with E-state index in [1.165, 1.54) is 11.5 Å². The minimum atomic E-state index is 0.140. The van der Waals surface area contributed by atoms with Gasteiger partial charge in [-0.1, -0.05) is 6.92 Å². The Morgan fingerprint density at radius 1 is 1.67 bits per heavy atom. The standard InChI is InChI=1S/C8H12BrNOS/c1-4-5(2)10-8(11)6(3)7(9)12-10/h5H,4H2,1-3H3. The first-order valence-corrected chi connectivity index (χ1v) is 5.52. The topological polar surface area (TPSA) is 22.0 Å². The van der Waals surface area contributed by atoms with Crippen LogP contribution in [0.2, 0.25) is 0 Å². The Kier molecular flexibility index (Phi) is 3.12. The van der Waals surface area contributed by atoms with Gasteiger partial charge in [-0.3, -0.25) is 8.75 Å². The van der Waals surface area contributed by atoms with Gasteiger partial charge in [0.1, 0.15) is 0 Å². The Labute approximate surface area is 84.5 Å². The Morgan fingerprint density at radius 3 is 2.58 bits per heavy atom. The van der Waals surface area contributed by atoms with E-state index in [9.17, 15) is 4.79 Å². The molecule has 1 heterocycles. The number of hydrogen-bond donors (Lipinski definition) is 0. The summed E-state index contributed by atoms with van der Waals surface area (Å²) in [4.78, 5) is 11.5. The molecule has 68 valence electrons. The van der Waals surface area contributed by atoms with Crippen molar-refractivity contribution in [2.75, 3.05) is 0 Å². The second-order valence-corrected chi connectivity index (χ2v) is 5.18. The van der Waals surface area contributed by atoms with E-state index in [-0.39, 0.29) is 5.56 Å². The van der Waals surface area contributed by atoms with Crippen molar-refractivity contribution in [3.63, 3.8) is 0 Å². The molecule has 0 aliphatic rings. The molecule has 0 fully saturated rings. The zero-order chi connectivity index (χ0) is 9.30. The molecule has 2 nitrogen and oxygen atoms in total. The van der Waals surface area contributed by atoms with E-state index < -0.39 is 0 Å². The second-order valence-electron chi connectivity index (χ2n) is 2.88. The zero-order valence-corrected chi connectivity index (χ0v) is 9.83. The van der Waals surface area contributed by atoms with Crippen molar-refractivity contribution in [2.24, 2.45) is 0 Å². The molecule has 0 aliphatic carbocycles. The number of hydrogen-bond acceptors (Lipinski definition) is 2. The fourth-order valence-corrected chi connectivity index (χ4v) is 2.48. The van der Waals surface area contributed by atoms with Crippen LogP contribution < -0.4 is 5.56 Å². The van der Waals surface area contributed by atoms with Gasteiger partial charge in [-0.25, -0.2) is 0 Å². The van der Waals surface area contributed by atoms with Crippen LogP contribution in [0.1, 0.15) is 31.9 Å². The molecule has 0 N–H and O–H groups in total. The Balaban J connectivity index is 3.18. The molecule has 12 heavy (non-hydrogen) atoms. The first kappa shape index (κ1) is 9.99. The first-order chi connectivity index (χ1) is 5.57. The maximum Gasteiger partial charge on any atom is 0.264 e. The van der Waals surface area contributed by atoms with Crippen LogP contribution in [0.15, 0.2) is 8.58 Å². The fraction of sp³-hybridized carbons (Fsp3) is 0.625. The SMILES string of the molecule is CCC(C)n1sc(Br)c(C)c1=O. The zero-order valence-electron chi connectivity index (χ0n) is 7.43. The van der Waals surface area contributed by atoms with E-state index in [1.54, 1.807) is 0 Å². The number of rotatable bonds is 2. The van der Waals surface area contributed by atoms with Crippen LogP contribution in [0.25, 0.3) is 0 Å². The summed E-state index contributed by atoms with van der Waals surface area (Å²) in [6.45, 7) is 5.99. The summed E-state index contributed by atoms with van der Waals surface area (Å²) in [5, 5.41) is 0. The van der Waals surface area contributed by atoms with Crippen molar-refractivity contribution in [3.8, 4) is 0 Å². The molecule has 0 aliphatic heterocycles. The highest BCUT2D eigenvalue weighted by Crippen LogP contribution is 2.22. The van der Waals surface area contributed by atoms with Crippen LogP contribution in [0, 0.1) is 6.92 Å². The normalized spacial score (nSPS) is 13.3. The van der Waals surface area contributed by atoms with Crippen LogP contribution in [-0.4, -0.2) is 3.96 Å². The summed E-state index contributed by atoms with van der Waals surface area (Å²) in [6.07, 6.45) is 0.992. The van der Waals surface area contributed by atoms with Gasteiger partial charge in [0.2, 0.25) is 0 Å². The highest BCUT2D eigenvalue weighted by atomic mass is 79.9. The van der Waals surface area contributed by atoms with Crippen LogP contribution in [0.4, 0.5) is 0 Å². The third-order valence-electron chi connectivity index (χ3n) is 1.99. The summed E-state index contributed by atoms with van der Waals surface area (Å²) in [5.41, 5.74) is 0.960. The van der Waals surface area contributed by atoms with Crippen molar-refractivity contribution in [1.82, 2.24) is 3.96 Å². The van der Waals surface area contributed by atoms with Gasteiger partial charge in [0.15, 0.2) is 0 Å². The molecule has 1 atom stereocenters. The minimum absolute atomic E-state index is 0.140. The molecule has 0 bridgehead atoms. The third kappa shape index (κ3) is 1.64. The third-order valence-corrected chi connectivity index (χ3v) is 4.20. The fourth-order valence-electron chi connectivity index (χ4n) is 0.902. The van der Waals surface area contributed by atoms with Gasteiger partial charge in [-0.05, 0) is 47.7 Å². The van der Waals surface area contributed by atoms with E-state index in [0.29, 0.717) is 6.04 Å². The Bertz CT molecular complexity index is 328. The lowest BCUT2D eigenvalue weighted by molar-refractivity contribution is 0.556. The maximum atomic E-state index is 11.5. The molecule has 1 unspecified atom stereocenters. The van der Waals surface area contributed by atoms with Crippen LogP contribution >= 0.6 is 27.5 Å². The van der Waals surface area contributed by atoms with Gasteiger partial charge in [0.05, 0.1) is 3.79 Å². The van der Waals surface area contributed by atoms with Crippen LogP contribution in [0.3, 0.4) is 0 Å². The van der Waals surface area contributed by atoms with Gasteiger partial charge in [0.25, 0.3) is 5.56 Å². The molecular weight excluding hydrogens is 238 g/mol. The van der Waals surface area contributed by atoms with E-state index in [2.05, 4.69) is 29.8 Å². The second kappa shape index (κ2) is 3.75. The molecule has 1 rings (SSSR count). The Morgan fingerprint density at radius 2 is 2.25 bits per heavy atom. The summed E-state index contributed by atoms with van der Waals surface area (Å²) in [5.74, 6) is 0. The summed E-state index contributed by atoms with van der Waals surface area (Å²) in [7, 11) is 0. The predicted molar refractivity (Wildman–Crippen MR) is 56.0 cm³/mol. The molecule has 0 spiro atoms. The van der Waals surface area contributed by atoms with Crippen LogP contribution in [-0.2, 0) is 0 Å². The molecule has 1 aromatic rings. The molecule has 4 heteroatoms. The van der Waals surface area contributed by atoms with Crippen molar-refractivity contribution >= 4 is 27.5 Å². The minimum Gasteiger partial charge on any atom is -0.268 e. The van der Waals surface area contributed by atoms with Gasteiger partial charge in [-0.15, -0.1) is 0 Å². The van der Waals surface area contributed by atoms with E-state index in [1.807, 2.05) is 10.9 Å². The highest BCUT2D eigenvalue weighted by molar-refractivity contribution is 9.11. The average molecular weight is 250 g/mol. The van der Waals surface area contributed by atoms with Gasteiger partial charge < -0.3 is 0 Å². The molecular formula is C8H12BrNOS. The highest BCUT2D eigenvalue weighted by Gasteiger charge is 2.11. The quantitative estimate of drug-likeness (QED) is 0.790. The summed E-state index contributed by atoms with van der Waals surface area (Å²) >= 11 is 4.86. The van der Waals surface area contributed by atoms with Gasteiger partial charge >= 0.3 is 0 Å². The van der Waals surface area contributed by atoms with E-state index >= 15 is 0 Å². The summed E-state index contributed by atoms with van der Waals surface area (Å²) < 4.78 is 2.77. The average Bonchev–Trinajstić information content (AvgIpc) is 2.32. The smallest absolute Gasteiger partial charge is 0.264 e. The largest absolute Gasteiger partial charge is 0.268 e. The molecule has 0 aromatic carbocycles. The van der Waals surface area contributed by atoms with Gasteiger partial charge in [0, 0.05) is 11.6 Å². The Hall–Kier alpha value is -0.0900. The van der Waals surface area contributed by atoms with Crippen molar-refractivity contribution < 1.29 is 0 Å². The lowest BCUT2D eigenvalue weighted by Gasteiger charge is -2.06. The molecule has 0 radical (unpaired) electrons. The van der Waals surface area contributed by atoms with Crippen LogP contribution in [0.5, 0.6) is 0 Å². The maximum absolute atomic E-state index is 11.5. The number of aromatic nitrogens is 1. The number of halogens is 1.